The smallest absolute Gasteiger partial charge is 0.250 e. The lowest BCUT2D eigenvalue weighted by Crippen LogP contribution is -2.43. The zero-order valence-corrected chi connectivity index (χ0v) is 15.9. The summed E-state index contributed by atoms with van der Waals surface area (Å²) in [6.07, 6.45) is 4.34. The second kappa shape index (κ2) is 7.50. The van der Waals surface area contributed by atoms with E-state index in [9.17, 15) is 16.8 Å². The maximum Gasteiger partial charge on any atom is 0.250 e. The van der Waals surface area contributed by atoms with E-state index in [1.807, 2.05) is 0 Å². The Morgan fingerprint density at radius 1 is 1.24 bits per heavy atom. The molecule has 7 nitrogen and oxygen atoms in total. The van der Waals surface area contributed by atoms with E-state index >= 15 is 0 Å². The SMILES string of the molecule is O=S(=O)(NC[C@H]1CCCN(S(=O)(=O)c2cccnc2)C1)c1cccs1. The molecule has 1 saturated heterocycles. The molecule has 0 aliphatic carbocycles. The first-order valence-electron chi connectivity index (χ1n) is 7.83. The Labute approximate surface area is 151 Å². The quantitative estimate of drug-likeness (QED) is 0.792. The van der Waals surface area contributed by atoms with Crippen molar-refractivity contribution in [2.45, 2.75) is 21.9 Å². The van der Waals surface area contributed by atoms with E-state index in [1.165, 1.54) is 22.8 Å². The van der Waals surface area contributed by atoms with Gasteiger partial charge in [0.25, 0.3) is 0 Å². The molecule has 0 bridgehead atoms. The minimum atomic E-state index is -3.60. The predicted molar refractivity (Wildman–Crippen MR) is 95.2 cm³/mol. The minimum Gasteiger partial charge on any atom is -0.263 e. The van der Waals surface area contributed by atoms with E-state index in [0.29, 0.717) is 19.5 Å². The number of hydrogen-bond acceptors (Lipinski definition) is 6. The van der Waals surface area contributed by atoms with Gasteiger partial charge in [0.05, 0.1) is 0 Å². The van der Waals surface area contributed by atoms with Crippen LogP contribution in [0.25, 0.3) is 0 Å². The van der Waals surface area contributed by atoms with Crippen LogP contribution in [0.2, 0.25) is 0 Å². The van der Waals surface area contributed by atoms with Gasteiger partial charge >= 0.3 is 0 Å². The van der Waals surface area contributed by atoms with Gasteiger partial charge in [-0.1, -0.05) is 6.07 Å². The highest BCUT2D eigenvalue weighted by Gasteiger charge is 2.31. The summed E-state index contributed by atoms with van der Waals surface area (Å²) in [5.41, 5.74) is 0. The number of hydrogen-bond donors (Lipinski definition) is 1. The molecular weight excluding hydrogens is 382 g/mol. The molecule has 0 spiro atoms. The molecule has 1 aliphatic rings. The largest absolute Gasteiger partial charge is 0.263 e. The molecule has 0 unspecified atom stereocenters. The molecule has 3 heterocycles. The fourth-order valence-electron chi connectivity index (χ4n) is 2.78. The molecule has 1 aliphatic heterocycles. The van der Waals surface area contributed by atoms with E-state index in [0.717, 1.165) is 17.8 Å². The molecule has 3 rings (SSSR count). The number of nitrogens with zero attached hydrogens (tertiary/aromatic N) is 2. The van der Waals surface area contributed by atoms with Crippen LogP contribution in [-0.2, 0) is 20.0 Å². The van der Waals surface area contributed by atoms with Crippen LogP contribution in [0.5, 0.6) is 0 Å². The molecule has 1 atom stereocenters. The van der Waals surface area contributed by atoms with Gasteiger partial charge < -0.3 is 0 Å². The second-order valence-corrected chi connectivity index (χ2v) is 10.7. The third kappa shape index (κ3) is 4.26. The van der Waals surface area contributed by atoms with Crippen LogP contribution in [0.4, 0.5) is 0 Å². The lowest BCUT2D eigenvalue weighted by molar-refractivity contribution is 0.267. The van der Waals surface area contributed by atoms with Crippen molar-refractivity contribution in [3.05, 3.63) is 42.0 Å². The predicted octanol–water partition coefficient (Wildman–Crippen LogP) is 1.52. The first-order valence-corrected chi connectivity index (χ1v) is 11.6. The van der Waals surface area contributed by atoms with Crippen molar-refractivity contribution < 1.29 is 16.8 Å². The van der Waals surface area contributed by atoms with Crippen molar-refractivity contribution in [3.63, 3.8) is 0 Å². The van der Waals surface area contributed by atoms with Crippen molar-refractivity contribution in [1.29, 1.82) is 0 Å². The first kappa shape index (κ1) is 18.5. The van der Waals surface area contributed by atoms with E-state index in [4.69, 9.17) is 0 Å². The van der Waals surface area contributed by atoms with Crippen LogP contribution in [0.3, 0.4) is 0 Å². The number of thiophene rings is 1. The van der Waals surface area contributed by atoms with E-state index in [-0.39, 0.29) is 21.6 Å². The molecule has 2 aromatic heterocycles. The molecule has 1 N–H and O–H groups in total. The lowest BCUT2D eigenvalue weighted by atomic mass is 10.0. The Morgan fingerprint density at radius 3 is 2.76 bits per heavy atom. The molecule has 0 saturated carbocycles. The summed E-state index contributed by atoms with van der Waals surface area (Å²) in [7, 11) is -7.13. The van der Waals surface area contributed by atoms with Crippen LogP contribution in [-0.4, -0.2) is 45.8 Å². The summed E-state index contributed by atoms with van der Waals surface area (Å²) >= 11 is 1.15. The van der Waals surface area contributed by atoms with Crippen LogP contribution in [0.1, 0.15) is 12.8 Å². The molecule has 0 amide bonds. The fourth-order valence-corrected chi connectivity index (χ4v) is 6.45. The summed E-state index contributed by atoms with van der Waals surface area (Å²) in [6.45, 7) is 0.953. The molecule has 2 aromatic rings. The summed E-state index contributed by atoms with van der Waals surface area (Å²) in [4.78, 5) is 4.03. The van der Waals surface area contributed by atoms with Gasteiger partial charge in [-0.05, 0) is 42.3 Å². The first-order chi connectivity index (χ1) is 11.9. The van der Waals surface area contributed by atoms with Gasteiger partial charge in [-0.2, -0.15) is 4.31 Å². The van der Waals surface area contributed by atoms with Gasteiger partial charge in [0.1, 0.15) is 9.10 Å². The molecule has 0 aromatic carbocycles. The average Bonchev–Trinajstić information content (AvgIpc) is 3.17. The molecule has 25 heavy (non-hydrogen) atoms. The Balaban J connectivity index is 1.66. The van der Waals surface area contributed by atoms with Crippen molar-refractivity contribution in [2.24, 2.45) is 5.92 Å². The summed E-state index contributed by atoms with van der Waals surface area (Å²) in [5, 5.41) is 1.71. The maximum atomic E-state index is 12.7. The standard InChI is InChI=1S/C15H19N3O4S3/c19-24(20,15-6-3-9-23-15)17-10-13-4-2-8-18(12-13)25(21,22)14-5-1-7-16-11-14/h1,3,5-7,9,11,13,17H,2,4,8,10,12H2/t13-/m1/s1. The van der Waals surface area contributed by atoms with Gasteiger partial charge in [-0.15, -0.1) is 11.3 Å². The summed E-state index contributed by atoms with van der Waals surface area (Å²) in [6, 6.07) is 6.34. The number of piperidine rings is 1. The number of rotatable bonds is 6. The Morgan fingerprint density at radius 2 is 2.08 bits per heavy atom. The Bertz CT molecular complexity index is 897. The Hall–Kier alpha value is -1.33. The highest BCUT2D eigenvalue weighted by molar-refractivity contribution is 7.91. The average molecular weight is 402 g/mol. The molecule has 0 radical (unpaired) electrons. The molecular formula is C15H19N3O4S3. The van der Waals surface area contributed by atoms with Crippen molar-refractivity contribution >= 4 is 31.4 Å². The van der Waals surface area contributed by atoms with E-state index in [1.54, 1.807) is 23.6 Å². The topological polar surface area (TPSA) is 96.4 Å². The van der Waals surface area contributed by atoms with Gasteiger partial charge in [-0.25, -0.2) is 21.6 Å². The Kier molecular flexibility index (Phi) is 5.54. The number of pyridine rings is 1. The van der Waals surface area contributed by atoms with Gasteiger partial charge in [0.15, 0.2) is 0 Å². The normalized spacial score (nSPS) is 19.8. The number of nitrogens with one attached hydrogen (secondary N) is 1. The fraction of sp³-hybridized carbons (Fsp3) is 0.400. The summed E-state index contributed by atoms with van der Waals surface area (Å²) in [5.74, 6) is -0.0602. The minimum absolute atomic E-state index is 0.0602. The van der Waals surface area contributed by atoms with Gasteiger partial charge in [0.2, 0.25) is 20.0 Å². The second-order valence-electron chi connectivity index (χ2n) is 5.84. The highest BCUT2D eigenvalue weighted by Crippen LogP contribution is 2.23. The third-order valence-corrected chi connectivity index (χ3v) is 8.75. The zero-order valence-electron chi connectivity index (χ0n) is 13.4. The van der Waals surface area contributed by atoms with Gasteiger partial charge in [0, 0.05) is 32.0 Å². The van der Waals surface area contributed by atoms with Crippen LogP contribution < -0.4 is 4.72 Å². The number of sulfonamides is 2. The van der Waals surface area contributed by atoms with E-state index in [2.05, 4.69) is 9.71 Å². The van der Waals surface area contributed by atoms with Crippen molar-refractivity contribution in [3.8, 4) is 0 Å². The third-order valence-electron chi connectivity index (χ3n) is 4.08. The van der Waals surface area contributed by atoms with Crippen LogP contribution in [0, 0.1) is 5.92 Å². The maximum absolute atomic E-state index is 12.7. The lowest BCUT2D eigenvalue weighted by Gasteiger charge is -2.31. The highest BCUT2D eigenvalue weighted by atomic mass is 32.2. The van der Waals surface area contributed by atoms with E-state index < -0.39 is 20.0 Å². The zero-order chi connectivity index (χ0) is 17.9. The van der Waals surface area contributed by atoms with Crippen LogP contribution >= 0.6 is 11.3 Å². The molecule has 136 valence electrons. The van der Waals surface area contributed by atoms with Crippen LogP contribution in [0.15, 0.2) is 51.1 Å². The van der Waals surface area contributed by atoms with Crippen molar-refractivity contribution in [2.75, 3.05) is 19.6 Å². The van der Waals surface area contributed by atoms with Gasteiger partial charge in [-0.3, -0.25) is 4.98 Å². The summed E-state index contributed by atoms with van der Waals surface area (Å²) < 4.78 is 54.0. The molecule has 10 heteroatoms. The molecule has 1 fully saturated rings. The monoisotopic (exact) mass is 401 g/mol. The number of aromatic nitrogens is 1. The van der Waals surface area contributed by atoms with Crippen molar-refractivity contribution in [1.82, 2.24) is 14.0 Å².